The summed E-state index contributed by atoms with van der Waals surface area (Å²) in [4.78, 5) is 0. The maximum atomic E-state index is 8.64. The van der Waals surface area contributed by atoms with Gasteiger partial charge >= 0.3 is 0 Å². The maximum absolute atomic E-state index is 8.64. The third kappa shape index (κ3) is 5.86. The van der Waals surface area contributed by atoms with Gasteiger partial charge < -0.3 is 5.11 Å². The number of rotatable bonds is 8. The fraction of sp³-hybridized carbons (Fsp3) is 0.643. The van der Waals surface area contributed by atoms with E-state index in [1.54, 1.807) is 0 Å². The molecule has 90 valence electrons. The molecule has 1 N–H and O–H groups in total. The van der Waals surface area contributed by atoms with Crippen LogP contribution in [0.2, 0.25) is 0 Å². The van der Waals surface area contributed by atoms with Crippen LogP contribution in [0.3, 0.4) is 0 Å². The lowest BCUT2D eigenvalue weighted by atomic mass is 10.1. The summed E-state index contributed by atoms with van der Waals surface area (Å²) in [5.74, 6) is 0. The Bertz CT molecular complexity index is 286. The molecular formula is C14H24NO+. The molecule has 1 aromatic rings. The highest BCUT2D eigenvalue weighted by atomic mass is 16.2. The van der Waals surface area contributed by atoms with Gasteiger partial charge in [0, 0.05) is 24.7 Å². The molecule has 0 amide bonds. The Balaban J connectivity index is 2.03. The van der Waals surface area contributed by atoms with Crippen molar-refractivity contribution in [1.29, 1.82) is 0 Å². The van der Waals surface area contributed by atoms with Gasteiger partial charge in [-0.05, 0) is 25.8 Å². The standard InChI is InChI=1S/C14H24NO/c1-14-9-8-11-15(13-14)10-6-4-2-3-5-7-12-16/h8-9,11,13,16H,2-7,10,12H2,1H3/q+1. The first-order chi connectivity index (χ1) is 7.83. The van der Waals surface area contributed by atoms with E-state index in [2.05, 4.69) is 36.0 Å². The van der Waals surface area contributed by atoms with Crippen LogP contribution in [-0.4, -0.2) is 11.7 Å². The van der Waals surface area contributed by atoms with Crippen LogP contribution in [-0.2, 0) is 6.54 Å². The van der Waals surface area contributed by atoms with Crippen LogP contribution in [0.1, 0.15) is 44.1 Å². The van der Waals surface area contributed by atoms with Gasteiger partial charge in [0.1, 0.15) is 6.54 Å². The Labute approximate surface area is 98.9 Å². The van der Waals surface area contributed by atoms with Gasteiger partial charge in [0.2, 0.25) is 0 Å². The van der Waals surface area contributed by atoms with E-state index in [9.17, 15) is 0 Å². The lowest BCUT2D eigenvalue weighted by molar-refractivity contribution is -0.697. The van der Waals surface area contributed by atoms with E-state index in [1.807, 2.05) is 0 Å². The van der Waals surface area contributed by atoms with Crippen LogP contribution in [0.15, 0.2) is 24.5 Å². The largest absolute Gasteiger partial charge is 0.396 e. The van der Waals surface area contributed by atoms with E-state index in [4.69, 9.17) is 5.11 Å². The van der Waals surface area contributed by atoms with Crippen molar-refractivity contribution < 1.29 is 9.67 Å². The number of pyridine rings is 1. The van der Waals surface area contributed by atoms with Crippen LogP contribution in [0.4, 0.5) is 0 Å². The molecule has 2 heteroatoms. The van der Waals surface area contributed by atoms with Gasteiger partial charge in [0.05, 0.1) is 0 Å². The van der Waals surface area contributed by atoms with Crippen molar-refractivity contribution in [3.8, 4) is 0 Å². The first kappa shape index (κ1) is 13.2. The zero-order chi connectivity index (χ0) is 11.6. The minimum atomic E-state index is 0.346. The molecule has 0 fully saturated rings. The van der Waals surface area contributed by atoms with E-state index in [0.29, 0.717) is 6.61 Å². The highest BCUT2D eigenvalue weighted by Gasteiger charge is 1.99. The summed E-state index contributed by atoms with van der Waals surface area (Å²) < 4.78 is 2.27. The summed E-state index contributed by atoms with van der Waals surface area (Å²) >= 11 is 0. The van der Waals surface area contributed by atoms with Crippen molar-refractivity contribution in [2.75, 3.05) is 6.61 Å². The monoisotopic (exact) mass is 222 g/mol. The number of hydrogen-bond acceptors (Lipinski definition) is 1. The number of aryl methyl sites for hydroxylation is 2. The molecule has 0 atom stereocenters. The van der Waals surface area contributed by atoms with E-state index in [-0.39, 0.29) is 0 Å². The molecule has 16 heavy (non-hydrogen) atoms. The number of unbranched alkanes of at least 4 members (excludes halogenated alkanes) is 5. The van der Waals surface area contributed by atoms with E-state index in [1.165, 1.54) is 37.7 Å². The van der Waals surface area contributed by atoms with E-state index in [0.717, 1.165) is 13.0 Å². The highest BCUT2D eigenvalue weighted by Crippen LogP contribution is 2.04. The Kier molecular flexibility index (Phi) is 6.82. The third-order valence-corrected chi connectivity index (χ3v) is 2.83. The average Bonchev–Trinajstić information content (AvgIpc) is 2.28. The lowest BCUT2D eigenvalue weighted by Gasteiger charge is -1.99. The number of nitrogens with zero attached hydrogens (tertiary/aromatic N) is 1. The summed E-state index contributed by atoms with van der Waals surface area (Å²) in [6.07, 6.45) is 11.6. The summed E-state index contributed by atoms with van der Waals surface area (Å²) in [6, 6.07) is 4.24. The van der Waals surface area contributed by atoms with Gasteiger partial charge in [-0.3, -0.25) is 0 Å². The maximum Gasteiger partial charge on any atom is 0.171 e. The molecule has 0 saturated carbocycles. The molecule has 0 bridgehead atoms. The Morgan fingerprint density at radius 1 is 1.06 bits per heavy atom. The summed E-state index contributed by atoms with van der Waals surface area (Å²) in [5, 5.41) is 8.64. The number of hydrogen-bond donors (Lipinski definition) is 1. The van der Waals surface area contributed by atoms with Crippen LogP contribution in [0.5, 0.6) is 0 Å². The number of aliphatic hydroxyl groups is 1. The second-order valence-electron chi connectivity index (χ2n) is 4.46. The van der Waals surface area contributed by atoms with Crippen molar-refractivity contribution in [2.45, 2.75) is 52.0 Å². The molecule has 0 aliphatic rings. The van der Waals surface area contributed by atoms with Crippen molar-refractivity contribution in [1.82, 2.24) is 0 Å². The molecule has 2 nitrogen and oxygen atoms in total. The fourth-order valence-corrected chi connectivity index (χ4v) is 1.91. The Morgan fingerprint density at radius 2 is 1.75 bits per heavy atom. The molecule has 0 aromatic carbocycles. The zero-order valence-corrected chi connectivity index (χ0v) is 10.4. The Morgan fingerprint density at radius 3 is 2.44 bits per heavy atom. The molecule has 0 saturated heterocycles. The fourth-order valence-electron chi connectivity index (χ4n) is 1.91. The van der Waals surface area contributed by atoms with Crippen molar-refractivity contribution >= 4 is 0 Å². The van der Waals surface area contributed by atoms with Crippen LogP contribution in [0, 0.1) is 6.92 Å². The quantitative estimate of drug-likeness (QED) is 0.530. The first-order valence-corrected chi connectivity index (χ1v) is 6.39. The summed E-state index contributed by atoms with van der Waals surface area (Å²) in [6.45, 7) is 3.60. The number of aliphatic hydroxyl groups excluding tert-OH is 1. The highest BCUT2D eigenvalue weighted by molar-refractivity contribution is 5.01. The molecule has 0 radical (unpaired) electrons. The molecule has 1 aromatic heterocycles. The smallest absolute Gasteiger partial charge is 0.171 e. The third-order valence-electron chi connectivity index (χ3n) is 2.83. The van der Waals surface area contributed by atoms with Crippen LogP contribution < -0.4 is 4.57 Å². The zero-order valence-electron chi connectivity index (χ0n) is 10.4. The van der Waals surface area contributed by atoms with Gasteiger partial charge in [0.15, 0.2) is 12.4 Å². The Hall–Kier alpha value is -0.890. The van der Waals surface area contributed by atoms with Crippen LogP contribution in [0.25, 0.3) is 0 Å². The molecule has 0 aliphatic heterocycles. The van der Waals surface area contributed by atoms with Gasteiger partial charge in [-0.1, -0.05) is 19.3 Å². The predicted molar refractivity (Wildman–Crippen MR) is 66.2 cm³/mol. The normalized spacial score (nSPS) is 10.6. The van der Waals surface area contributed by atoms with E-state index >= 15 is 0 Å². The molecule has 0 aliphatic carbocycles. The average molecular weight is 222 g/mol. The molecule has 1 rings (SSSR count). The van der Waals surface area contributed by atoms with Crippen molar-refractivity contribution in [3.63, 3.8) is 0 Å². The summed E-state index contributed by atoms with van der Waals surface area (Å²) in [7, 11) is 0. The predicted octanol–water partition coefficient (Wildman–Crippen LogP) is 2.62. The lowest BCUT2D eigenvalue weighted by Crippen LogP contribution is -2.32. The van der Waals surface area contributed by atoms with E-state index < -0.39 is 0 Å². The minimum Gasteiger partial charge on any atom is -0.396 e. The summed E-state index contributed by atoms with van der Waals surface area (Å²) in [5.41, 5.74) is 1.32. The van der Waals surface area contributed by atoms with Crippen LogP contribution >= 0.6 is 0 Å². The van der Waals surface area contributed by atoms with Gasteiger partial charge in [-0.15, -0.1) is 0 Å². The second kappa shape index (κ2) is 8.28. The second-order valence-corrected chi connectivity index (χ2v) is 4.46. The van der Waals surface area contributed by atoms with Crippen molar-refractivity contribution in [2.24, 2.45) is 0 Å². The number of aromatic nitrogens is 1. The van der Waals surface area contributed by atoms with Gasteiger partial charge in [-0.2, -0.15) is 0 Å². The minimum absolute atomic E-state index is 0.346. The van der Waals surface area contributed by atoms with Gasteiger partial charge in [-0.25, -0.2) is 4.57 Å². The topological polar surface area (TPSA) is 24.1 Å². The molecule has 0 spiro atoms. The van der Waals surface area contributed by atoms with Gasteiger partial charge in [0.25, 0.3) is 0 Å². The van der Waals surface area contributed by atoms with Crippen molar-refractivity contribution in [3.05, 3.63) is 30.1 Å². The first-order valence-electron chi connectivity index (χ1n) is 6.39. The SMILES string of the molecule is Cc1ccc[n+](CCCCCCCCO)c1. The molecule has 0 unspecified atom stereocenters. The molecule has 1 heterocycles. The molecular weight excluding hydrogens is 198 g/mol.